The SMILES string of the molecule is Cc1csc(CN2CC[C@H]3C[C@H](c4nnc(C5CC5)o4)O[C@@H]3C2)n1. The summed E-state index contributed by atoms with van der Waals surface area (Å²) >= 11 is 1.75. The van der Waals surface area contributed by atoms with Gasteiger partial charge in [0.25, 0.3) is 0 Å². The van der Waals surface area contributed by atoms with E-state index in [0.29, 0.717) is 17.7 Å². The van der Waals surface area contributed by atoms with E-state index < -0.39 is 0 Å². The lowest BCUT2D eigenvalue weighted by molar-refractivity contribution is -0.0177. The van der Waals surface area contributed by atoms with Crippen molar-refractivity contribution in [3.8, 4) is 0 Å². The van der Waals surface area contributed by atoms with Crippen LogP contribution in [0.1, 0.15) is 60.2 Å². The van der Waals surface area contributed by atoms with Crippen molar-refractivity contribution in [2.75, 3.05) is 13.1 Å². The van der Waals surface area contributed by atoms with Crippen molar-refractivity contribution in [3.63, 3.8) is 0 Å². The Bertz CT molecular complexity index is 726. The normalized spacial score (nSPS) is 30.6. The molecule has 3 atom stereocenters. The molecule has 5 rings (SSSR count). The number of nitrogens with zero attached hydrogens (tertiary/aromatic N) is 4. The maximum Gasteiger partial charge on any atom is 0.245 e. The second-order valence-corrected chi connectivity index (χ2v) is 8.26. The smallest absolute Gasteiger partial charge is 0.245 e. The van der Waals surface area contributed by atoms with Crippen LogP contribution in [0.15, 0.2) is 9.80 Å². The van der Waals surface area contributed by atoms with Gasteiger partial charge in [-0.1, -0.05) is 0 Å². The fraction of sp³-hybridized carbons (Fsp3) is 0.706. The van der Waals surface area contributed by atoms with Crippen LogP contribution in [-0.4, -0.2) is 39.3 Å². The second kappa shape index (κ2) is 5.89. The maximum atomic E-state index is 6.28. The molecule has 2 aromatic heterocycles. The van der Waals surface area contributed by atoms with E-state index in [1.807, 2.05) is 0 Å². The summed E-state index contributed by atoms with van der Waals surface area (Å²) in [6, 6.07) is 0. The number of aromatic nitrogens is 3. The van der Waals surface area contributed by atoms with Gasteiger partial charge in [-0.2, -0.15) is 0 Å². The summed E-state index contributed by atoms with van der Waals surface area (Å²) < 4.78 is 12.1. The highest BCUT2D eigenvalue weighted by molar-refractivity contribution is 7.09. The molecule has 2 saturated heterocycles. The van der Waals surface area contributed by atoms with Gasteiger partial charge in [-0.15, -0.1) is 21.5 Å². The van der Waals surface area contributed by atoms with Gasteiger partial charge in [0.05, 0.1) is 12.6 Å². The van der Waals surface area contributed by atoms with Crippen molar-refractivity contribution in [1.82, 2.24) is 20.1 Å². The third-order valence-electron chi connectivity index (χ3n) is 5.32. The van der Waals surface area contributed by atoms with E-state index in [1.165, 1.54) is 24.3 Å². The molecule has 7 heteroatoms. The van der Waals surface area contributed by atoms with Gasteiger partial charge >= 0.3 is 0 Å². The van der Waals surface area contributed by atoms with E-state index >= 15 is 0 Å². The van der Waals surface area contributed by atoms with E-state index in [1.54, 1.807) is 11.3 Å². The van der Waals surface area contributed by atoms with Crippen LogP contribution in [-0.2, 0) is 11.3 Å². The molecule has 0 N–H and O–H groups in total. The number of rotatable bonds is 4. The molecule has 3 fully saturated rings. The van der Waals surface area contributed by atoms with Crippen LogP contribution < -0.4 is 0 Å². The van der Waals surface area contributed by atoms with Gasteiger partial charge in [0, 0.05) is 23.5 Å². The standard InChI is InChI=1S/C17H22N4O2S/c1-10-9-24-15(18-10)8-21-5-4-12-6-13(22-14(12)7-21)17-20-19-16(23-17)11-2-3-11/h9,11-14H,2-8H2,1H3/t12-,13+,14+/m0/s1. The fourth-order valence-corrected chi connectivity index (χ4v) is 4.65. The first-order valence-electron chi connectivity index (χ1n) is 8.86. The molecule has 1 saturated carbocycles. The lowest BCUT2D eigenvalue weighted by Gasteiger charge is -2.33. The van der Waals surface area contributed by atoms with Crippen molar-refractivity contribution < 1.29 is 9.15 Å². The molecule has 4 heterocycles. The number of thiazole rings is 1. The number of ether oxygens (including phenoxy) is 1. The monoisotopic (exact) mass is 346 g/mol. The van der Waals surface area contributed by atoms with Gasteiger partial charge in [0.15, 0.2) is 0 Å². The Morgan fingerprint density at radius 2 is 2.12 bits per heavy atom. The Morgan fingerprint density at radius 3 is 2.92 bits per heavy atom. The zero-order chi connectivity index (χ0) is 16.1. The molecule has 6 nitrogen and oxygen atoms in total. The van der Waals surface area contributed by atoms with Crippen LogP contribution in [0.25, 0.3) is 0 Å². The summed E-state index contributed by atoms with van der Waals surface area (Å²) in [5.74, 6) is 2.62. The van der Waals surface area contributed by atoms with Crippen molar-refractivity contribution >= 4 is 11.3 Å². The highest BCUT2D eigenvalue weighted by atomic mass is 32.1. The predicted molar refractivity (Wildman–Crippen MR) is 88.7 cm³/mol. The van der Waals surface area contributed by atoms with Gasteiger partial charge < -0.3 is 9.15 Å². The van der Waals surface area contributed by atoms with Crippen LogP contribution in [0.3, 0.4) is 0 Å². The first kappa shape index (κ1) is 15.0. The lowest BCUT2D eigenvalue weighted by atomic mass is 9.92. The summed E-state index contributed by atoms with van der Waals surface area (Å²) in [7, 11) is 0. The molecule has 24 heavy (non-hydrogen) atoms. The van der Waals surface area contributed by atoms with Crippen LogP contribution in [0, 0.1) is 12.8 Å². The minimum atomic E-state index is -0.0120. The fourth-order valence-electron chi connectivity index (χ4n) is 3.84. The molecule has 3 aliphatic rings. The van der Waals surface area contributed by atoms with E-state index in [0.717, 1.165) is 37.6 Å². The molecule has 2 aliphatic heterocycles. The molecule has 0 radical (unpaired) electrons. The third kappa shape index (κ3) is 2.89. The number of hydrogen-bond donors (Lipinski definition) is 0. The zero-order valence-electron chi connectivity index (χ0n) is 13.9. The summed E-state index contributed by atoms with van der Waals surface area (Å²) in [6.45, 7) is 5.08. The molecular formula is C17H22N4O2S. The van der Waals surface area contributed by atoms with E-state index in [9.17, 15) is 0 Å². The summed E-state index contributed by atoms with van der Waals surface area (Å²) in [6.07, 6.45) is 4.83. The van der Waals surface area contributed by atoms with Crippen LogP contribution in [0.4, 0.5) is 0 Å². The lowest BCUT2D eigenvalue weighted by Crippen LogP contribution is -2.41. The molecular weight excluding hydrogens is 324 g/mol. The number of fused-ring (bicyclic) bond motifs is 1. The van der Waals surface area contributed by atoms with Crippen molar-refractivity contribution in [2.45, 2.75) is 57.3 Å². The van der Waals surface area contributed by atoms with Crippen LogP contribution in [0.2, 0.25) is 0 Å². The number of likely N-dealkylation sites (tertiary alicyclic amines) is 1. The molecule has 0 bridgehead atoms. The predicted octanol–water partition coefficient (Wildman–Crippen LogP) is 3.06. The topological polar surface area (TPSA) is 64.3 Å². The maximum absolute atomic E-state index is 6.28. The van der Waals surface area contributed by atoms with Crippen molar-refractivity contribution in [3.05, 3.63) is 27.9 Å². The van der Waals surface area contributed by atoms with E-state index in [-0.39, 0.29) is 12.2 Å². The Balaban J connectivity index is 1.22. The van der Waals surface area contributed by atoms with Crippen molar-refractivity contribution in [1.29, 1.82) is 0 Å². The van der Waals surface area contributed by atoms with Crippen molar-refractivity contribution in [2.24, 2.45) is 5.92 Å². The van der Waals surface area contributed by atoms with Gasteiger partial charge in [-0.3, -0.25) is 4.90 Å². The van der Waals surface area contributed by atoms with E-state index in [4.69, 9.17) is 9.15 Å². The Kier molecular flexibility index (Phi) is 3.68. The van der Waals surface area contributed by atoms with Gasteiger partial charge in [0.2, 0.25) is 11.8 Å². The number of hydrogen-bond acceptors (Lipinski definition) is 7. The van der Waals surface area contributed by atoms with E-state index in [2.05, 4.69) is 32.4 Å². The largest absolute Gasteiger partial charge is 0.422 e. The third-order valence-corrected chi connectivity index (χ3v) is 6.27. The molecule has 128 valence electrons. The van der Waals surface area contributed by atoms with Gasteiger partial charge in [0.1, 0.15) is 11.1 Å². The average Bonchev–Trinajstić information content (AvgIpc) is 2.98. The minimum Gasteiger partial charge on any atom is -0.422 e. The highest BCUT2D eigenvalue weighted by Gasteiger charge is 2.42. The van der Waals surface area contributed by atoms with Crippen LogP contribution >= 0.6 is 11.3 Å². The first-order chi connectivity index (χ1) is 11.7. The average molecular weight is 346 g/mol. The summed E-state index contributed by atoms with van der Waals surface area (Å²) in [5.41, 5.74) is 1.12. The molecule has 0 unspecified atom stereocenters. The number of piperidine rings is 1. The second-order valence-electron chi connectivity index (χ2n) is 7.32. The quantitative estimate of drug-likeness (QED) is 0.848. The van der Waals surface area contributed by atoms with Crippen LogP contribution in [0.5, 0.6) is 0 Å². The first-order valence-corrected chi connectivity index (χ1v) is 9.74. The zero-order valence-corrected chi connectivity index (χ0v) is 14.7. The summed E-state index contributed by atoms with van der Waals surface area (Å²) in [4.78, 5) is 7.04. The summed E-state index contributed by atoms with van der Waals surface area (Å²) in [5, 5.41) is 11.8. The Labute approximate surface area is 145 Å². The molecule has 1 aliphatic carbocycles. The molecule has 0 amide bonds. The molecule has 2 aromatic rings. The molecule has 0 spiro atoms. The highest BCUT2D eigenvalue weighted by Crippen LogP contribution is 2.43. The Morgan fingerprint density at radius 1 is 1.25 bits per heavy atom. The molecule has 0 aromatic carbocycles. The van der Waals surface area contributed by atoms with Gasteiger partial charge in [-0.05, 0) is 45.1 Å². The Hall–Kier alpha value is -1.31. The minimum absolute atomic E-state index is 0.0120. The number of aryl methyl sites for hydroxylation is 1. The van der Waals surface area contributed by atoms with Gasteiger partial charge in [-0.25, -0.2) is 4.98 Å².